The van der Waals surface area contributed by atoms with Crippen LogP contribution >= 0.6 is 22.9 Å². The SMILES string of the molecule is Cc1cnc(Nc2ccc(Cl)c(N)c2)s1. The minimum atomic E-state index is 0.565. The van der Waals surface area contributed by atoms with Crippen molar-refractivity contribution in [2.75, 3.05) is 11.1 Å². The number of aromatic nitrogens is 1. The van der Waals surface area contributed by atoms with Crippen molar-refractivity contribution in [3.05, 3.63) is 34.3 Å². The summed E-state index contributed by atoms with van der Waals surface area (Å²) in [5, 5.41) is 4.58. The number of nitrogen functional groups attached to an aromatic ring is 1. The van der Waals surface area contributed by atoms with Crippen molar-refractivity contribution < 1.29 is 0 Å². The van der Waals surface area contributed by atoms with Gasteiger partial charge in [-0.3, -0.25) is 0 Å². The number of hydrogen-bond acceptors (Lipinski definition) is 4. The van der Waals surface area contributed by atoms with Crippen LogP contribution in [0, 0.1) is 6.92 Å². The van der Waals surface area contributed by atoms with E-state index in [-0.39, 0.29) is 0 Å². The molecule has 78 valence electrons. The van der Waals surface area contributed by atoms with Crippen molar-refractivity contribution in [2.24, 2.45) is 0 Å². The van der Waals surface area contributed by atoms with Gasteiger partial charge in [-0.1, -0.05) is 11.6 Å². The highest BCUT2D eigenvalue weighted by molar-refractivity contribution is 7.15. The molecule has 3 nitrogen and oxygen atoms in total. The highest BCUT2D eigenvalue weighted by atomic mass is 35.5. The quantitative estimate of drug-likeness (QED) is 0.790. The molecule has 0 aliphatic carbocycles. The summed E-state index contributed by atoms with van der Waals surface area (Å²) in [6.45, 7) is 2.01. The number of aryl methyl sites for hydroxylation is 1. The molecule has 2 aromatic rings. The van der Waals surface area contributed by atoms with Gasteiger partial charge in [-0.05, 0) is 25.1 Å². The Morgan fingerprint density at radius 3 is 2.87 bits per heavy atom. The highest BCUT2D eigenvalue weighted by Crippen LogP contribution is 2.26. The first kappa shape index (κ1) is 10.3. The lowest BCUT2D eigenvalue weighted by atomic mass is 10.3. The van der Waals surface area contributed by atoms with E-state index in [4.69, 9.17) is 17.3 Å². The van der Waals surface area contributed by atoms with Crippen LogP contribution in [0.5, 0.6) is 0 Å². The van der Waals surface area contributed by atoms with Gasteiger partial charge in [-0.15, -0.1) is 11.3 Å². The fourth-order valence-electron chi connectivity index (χ4n) is 1.16. The first-order chi connectivity index (χ1) is 7.15. The van der Waals surface area contributed by atoms with Crippen LogP contribution in [0.4, 0.5) is 16.5 Å². The first-order valence-electron chi connectivity index (χ1n) is 4.39. The predicted molar refractivity (Wildman–Crippen MR) is 66.0 cm³/mol. The molecule has 0 aliphatic heterocycles. The Hall–Kier alpha value is -1.26. The Bertz CT molecular complexity index is 481. The normalized spacial score (nSPS) is 10.3. The third-order valence-electron chi connectivity index (χ3n) is 1.87. The second-order valence-corrected chi connectivity index (χ2v) is 4.78. The van der Waals surface area contributed by atoms with E-state index in [1.54, 1.807) is 23.5 Å². The van der Waals surface area contributed by atoms with Gasteiger partial charge in [-0.25, -0.2) is 4.98 Å². The first-order valence-corrected chi connectivity index (χ1v) is 5.59. The number of anilines is 3. The predicted octanol–water partition coefficient (Wildman–Crippen LogP) is 3.43. The summed E-state index contributed by atoms with van der Waals surface area (Å²) in [7, 11) is 0. The Kier molecular flexibility index (Phi) is 2.79. The summed E-state index contributed by atoms with van der Waals surface area (Å²) in [5.74, 6) is 0. The number of nitrogens with zero attached hydrogens (tertiary/aromatic N) is 1. The molecule has 0 unspecified atom stereocenters. The van der Waals surface area contributed by atoms with Gasteiger partial charge in [0.2, 0.25) is 0 Å². The summed E-state index contributed by atoms with van der Waals surface area (Å²) in [4.78, 5) is 5.36. The molecule has 1 aromatic heterocycles. The number of nitrogens with one attached hydrogen (secondary N) is 1. The van der Waals surface area contributed by atoms with E-state index in [0.717, 1.165) is 10.8 Å². The minimum absolute atomic E-state index is 0.565. The third-order valence-corrected chi connectivity index (χ3v) is 3.04. The van der Waals surface area contributed by atoms with Gasteiger partial charge < -0.3 is 11.1 Å². The van der Waals surface area contributed by atoms with E-state index < -0.39 is 0 Å². The Morgan fingerprint density at radius 2 is 2.27 bits per heavy atom. The maximum absolute atomic E-state index is 5.82. The van der Waals surface area contributed by atoms with Crippen molar-refractivity contribution in [3.8, 4) is 0 Å². The standard InChI is InChI=1S/C10H10ClN3S/c1-6-5-13-10(15-6)14-7-2-3-8(11)9(12)4-7/h2-5H,12H2,1H3,(H,13,14). The number of hydrogen-bond donors (Lipinski definition) is 2. The number of thiazole rings is 1. The molecule has 0 amide bonds. The molecule has 1 aromatic carbocycles. The lowest BCUT2D eigenvalue weighted by molar-refractivity contribution is 1.37. The van der Waals surface area contributed by atoms with E-state index in [1.165, 1.54) is 4.88 Å². The van der Waals surface area contributed by atoms with E-state index in [2.05, 4.69) is 10.3 Å². The lowest BCUT2D eigenvalue weighted by Crippen LogP contribution is -1.92. The van der Waals surface area contributed by atoms with E-state index in [0.29, 0.717) is 10.7 Å². The molecule has 0 saturated carbocycles. The highest BCUT2D eigenvalue weighted by Gasteiger charge is 2.01. The van der Waals surface area contributed by atoms with Crippen molar-refractivity contribution >= 4 is 39.4 Å². The number of benzene rings is 1. The average molecular weight is 240 g/mol. The van der Waals surface area contributed by atoms with Crippen LogP contribution < -0.4 is 11.1 Å². The Morgan fingerprint density at radius 1 is 1.47 bits per heavy atom. The molecule has 1 heterocycles. The zero-order valence-electron chi connectivity index (χ0n) is 8.12. The fourth-order valence-corrected chi connectivity index (χ4v) is 1.96. The summed E-state index contributed by atoms with van der Waals surface area (Å²) in [6, 6.07) is 5.42. The van der Waals surface area contributed by atoms with Gasteiger partial charge in [0.1, 0.15) is 0 Å². The molecule has 2 rings (SSSR count). The van der Waals surface area contributed by atoms with Gasteiger partial charge in [0, 0.05) is 16.8 Å². The lowest BCUT2D eigenvalue weighted by Gasteiger charge is -2.04. The Labute approximate surface area is 96.9 Å². The van der Waals surface area contributed by atoms with E-state index >= 15 is 0 Å². The number of halogens is 1. The molecule has 3 N–H and O–H groups in total. The molecule has 0 bridgehead atoms. The molecule has 0 saturated heterocycles. The second kappa shape index (κ2) is 4.08. The molecule has 0 spiro atoms. The van der Waals surface area contributed by atoms with Crippen LogP contribution in [0.2, 0.25) is 5.02 Å². The van der Waals surface area contributed by atoms with Crippen molar-refractivity contribution in [3.63, 3.8) is 0 Å². The summed E-state index contributed by atoms with van der Waals surface area (Å²) in [5.41, 5.74) is 7.15. The monoisotopic (exact) mass is 239 g/mol. The molecule has 15 heavy (non-hydrogen) atoms. The molecule has 0 atom stereocenters. The third kappa shape index (κ3) is 2.40. The van der Waals surface area contributed by atoms with Crippen molar-refractivity contribution in [1.29, 1.82) is 0 Å². The van der Waals surface area contributed by atoms with Gasteiger partial charge in [0.15, 0.2) is 5.13 Å². The number of nitrogens with two attached hydrogens (primary N) is 1. The topological polar surface area (TPSA) is 50.9 Å². The van der Waals surface area contributed by atoms with Gasteiger partial charge >= 0.3 is 0 Å². The maximum Gasteiger partial charge on any atom is 0.187 e. The fraction of sp³-hybridized carbons (Fsp3) is 0.100. The molecule has 5 heteroatoms. The summed E-state index contributed by atoms with van der Waals surface area (Å²) >= 11 is 7.42. The average Bonchev–Trinajstić information content (AvgIpc) is 2.58. The summed E-state index contributed by atoms with van der Waals surface area (Å²) in [6.07, 6.45) is 1.83. The van der Waals surface area contributed by atoms with E-state index in [9.17, 15) is 0 Å². The second-order valence-electron chi connectivity index (χ2n) is 3.14. The van der Waals surface area contributed by atoms with Crippen molar-refractivity contribution in [2.45, 2.75) is 6.92 Å². The van der Waals surface area contributed by atoms with Crippen LogP contribution in [0.1, 0.15) is 4.88 Å². The summed E-state index contributed by atoms with van der Waals surface area (Å²) < 4.78 is 0. The molecular formula is C10H10ClN3S. The van der Waals surface area contributed by atoms with Gasteiger partial charge in [0.05, 0.1) is 10.7 Å². The maximum atomic E-state index is 5.82. The van der Waals surface area contributed by atoms with Crippen LogP contribution in [-0.2, 0) is 0 Å². The van der Waals surface area contributed by atoms with Crippen LogP contribution in [0.3, 0.4) is 0 Å². The van der Waals surface area contributed by atoms with Gasteiger partial charge in [0.25, 0.3) is 0 Å². The minimum Gasteiger partial charge on any atom is -0.397 e. The molecule has 0 aliphatic rings. The zero-order valence-corrected chi connectivity index (χ0v) is 9.69. The smallest absolute Gasteiger partial charge is 0.187 e. The van der Waals surface area contributed by atoms with Gasteiger partial charge in [-0.2, -0.15) is 0 Å². The zero-order chi connectivity index (χ0) is 10.8. The van der Waals surface area contributed by atoms with Crippen LogP contribution in [0.15, 0.2) is 24.4 Å². The van der Waals surface area contributed by atoms with E-state index in [1.807, 2.05) is 19.2 Å². The van der Waals surface area contributed by atoms with Crippen molar-refractivity contribution in [1.82, 2.24) is 4.98 Å². The van der Waals surface area contributed by atoms with Crippen LogP contribution in [0.25, 0.3) is 0 Å². The molecular weight excluding hydrogens is 230 g/mol. The van der Waals surface area contributed by atoms with Crippen LogP contribution in [-0.4, -0.2) is 4.98 Å². The number of rotatable bonds is 2. The Balaban J connectivity index is 2.21. The molecule has 0 fully saturated rings. The molecule has 0 radical (unpaired) electrons. The largest absolute Gasteiger partial charge is 0.397 e.